The van der Waals surface area contributed by atoms with Gasteiger partial charge >= 0.3 is 0 Å². The highest BCUT2D eigenvalue weighted by Gasteiger charge is 2.15. The Labute approximate surface area is 162 Å². The van der Waals surface area contributed by atoms with Crippen LogP contribution in [0.5, 0.6) is 0 Å². The molecule has 0 spiro atoms. The van der Waals surface area contributed by atoms with E-state index < -0.39 is 0 Å². The highest BCUT2D eigenvalue weighted by atomic mass is 19.1. The van der Waals surface area contributed by atoms with E-state index in [2.05, 4.69) is 36.2 Å². The van der Waals surface area contributed by atoms with Crippen molar-refractivity contribution in [1.82, 2.24) is 10.2 Å². The Morgan fingerprint density at radius 1 is 1.26 bits per heavy atom. The molecule has 1 unspecified atom stereocenters. The molecule has 0 aromatic heterocycles. The van der Waals surface area contributed by atoms with Crippen molar-refractivity contribution >= 4 is 12.0 Å². The predicted octanol–water partition coefficient (Wildman–Crippen LogP) is 5.07. The highest BCUT2D eigenvalue weighted by Crippen LogP contribution is 2.18. The standard InChI is InChI=1S/C23H31FN2O/c1-4-19(17-18(3)26-15-9-6-10-16-26)22(5-2)25-23(27)14-13-20-11-7-8-12-21(20)24/h4,7-8,11-14,17,22H,5-6,9-10,15-16H2,1-3H3,(H,25,27)/b14-13+,18-17+,19-4+. The van der Waals surface area contributed by atoms with Crippen LogP contribution >= 0.6 is 0 Å². The van der Waals surface area contributed by atoms with Gasteiger partial charge in [0.15, 0.2) is 0 Å². The summed E-state index contributed by atoms with van der Waals surface area (Å²) in [5, 5.41) is 3.04. The van der Waals surface area contributed by atoms with Gasteiger partial charge in [-0.1, -0.05) is 31.2 Å². The summed E-state index contributed by atoms with van der Waals surface area (Å²) in [6, 6.07) is 6.36. The zero-order chi connectivity index (χ0) is 19.6. The maximum atomic E-state index is 13.7. The van der Waals surface area contributed by atoms with E-state index in [1.54, 1.807) is 18.2 Å². The maximum absolute atomic E-state index is 13.7. The minimum atomic E-state index is -0.331. The molecule has 0 bridgehead atoms. The fourth-order valence-corrected chi connectivity index (χ4v) is 3.38. The van der Waals surface area contributed by atoms with Crippen LogP contribution in [0.25, 0.3) is 6.08 Å². The van der Waals surface area contributed by atoms with Crippen LogP contribution in [0.4, 0.5) is 4.39 Å². The zero-order valence-corrected chi connectivity index (χ0v) is 16.7. The Bertz CT molecular complexity index is 715. The summed E-state index contributed by atoms with van der Waals surface area (Å²) in [5.41, 5.74) is 2.76. The SMILES string of the molecule is C/C=C(\C=C(/C)N1CCCCC1)C(CC)NC(=O)/C=C/c1ccccc1F. The number of carbonyl (C=O) groups is 1. The molecule has 1 fully saturated rings. The third kappa shape index (κ3) is 6.38. The molecule has 1 amide bonds. The number of amides is 1. The molecule has 1 N–H and O–H groups in total. The van der Waals surface area contributed by atoms with Crippen LogP contribution in [0.2, 0.25) is 0 Å². The van der Waals surface area contributed by atoms with Crippen molar-refractivity contribution in [3.05, 3.63) is 65.1 Å². The Balaban J connectivity index is 2.03. The minimum absolute atomic E-state index is 0.0625. The van der Waals surface area contributed by atoms with Gasteiger partial charge in [-0.15, -0.1) is 0 Å². The maximum Gasteiger partial charge on any atom is 0.244 e. The van der Waals surface area contributed by atoms with Crippen molar-refractivity contribution in [1.29, 1.82) is 0 Å². The van der Waals surface area contributed by atoms with Gasteiger partial charge in [-0.05, 0) is 63.3 Å². The summed E-state index contributed by atoms with van der Waals surface area (Å²) in [6.07, 6.45) is 11.7. The van der Waals surface area contributed by atoms with Crippen LogP contribution in [0.15, 0.2) is 53.8 Å². The lowest BCUT2D eigenvalue weighted by atomic mass is 10.0. The average molecular weight is 371 g/mol. The number of benzene rings is 1. The smallest absolute Gasteiger partial charge is 0.244 e. The van der Waals surface area contributed by atoms with Crippen LogP contribution in [0, 0.1) is 5.82 Å². The summed E-state index contributed by atoms with van der Waals surface area (Å²) in [7, 11) is 0. The fraction of sp³-hybridized carbons (Fsp3) is 0.435. The highest BCUT2D eigenvalue weighted by molar-refractivity contribution is 5.92. The van der Waals surface area contributed by atoms with E-state index in [9.17, 15) is 9.18 Å². The Morgan fingerprint density at radius 2 is 1.96 bits per heavy atom. The van der Waals surface area contributed by atoms with Gasteiger partial charge in [0.1, 0.15) is 5.82 Å². The number of allylic oxidation sites excluding steroid dienone is 2. The van der Waals surface area contributed by atoms with Gasteiger partial charge in [-0.25, -0.2) is 4.39 Å². The summed E-state index contributed by atoms with van der Waals surface area (Å²) in [6.45, 7) is 8.40. The molecule has 1 saturated heterocycles. The van der Waals surface area contributed by atoms with Crippen molar-refractivity contribution in [2.24, 2.45) is 0 Å². The summed E-state index contributed by atoms with van der Waals surface area (Å²) in [5.74, 6) is -0.545. The van der Waals surface area contributed by atoms with E-state index in [1.807, 2.05) is 6.92 Å². The number of nitrogens with one attached hydrogen (secondary N) is 1. The predicted molar refractivity (Wildman–Crippen MR) is 111 cm³/mol. The fourth-order valence-electron chi connectivity index (χ4n) is 3.38. The van der Waals surface area contributed by atoms with Gasteiger partial charge in [0.25, 0.3) is 0 Å². The Kier molecular flexibility index (Phi) is 8.31. The van der Waals surface area contributed by atoms with E-state index in [-0.39, 0.29) is 17.8 Å². The van der Waals surface area contributed by atoms with E-state index >= 15 is 0 Å². The van der Waals surface area contributed by atoms with E-state index in [1.165, 1.54) is 43.2 Å². The van der Waals surface area contributed by atoms with Crippen molar-refractivity contribution in [3.63, 3.8) is 0 Å². The molecule has 2 rings (SSSR count). The lowest BCUT2D eigenvalue weighted by molar-refractivity contribution is -0.116. The van der Waals surface area contributed by atoms with Gasteiger partial charge in [0.05, 0.1) is 6.04 Å². The van der Waals surface area contributed by atoms with E-state index in [0.29, 0.717) is 5.56 Å². The van der Waals surface area contributed by atoms with E-state index in [4.69, 9.17) is 0 Å². The Morgan fingerprint density at radius 3 is 2.59 bits per heavy atom. The molecule has 1 atom stereocenters. The monoisotopic (exact) mass is 370 g/mol. The lowest BCUT2D eigenvalue weighted by Gasteiger charge is -2.30. The first-order valence-corrected chi connectivity index (χ1v) is 9.87. The second kappa shape index (κ2) is 10.7. The van der Waals surface area contributed by atoms with Gasteiger partial charge in [0, 0.05) is 30.4 Å². The normalized spacial score (nSPS) is 17.3. The number of hydrogen-bond acceptors (Lipinski definition) is 2. The molecule has 146 valence electrons. The van der Waals surface area contributed by atoms with Crippen LogP contribution in [-0.4, -0.2) is 29.9 Å². The first-order chi connectivity index (χ1) is 13.0. The van der Waals surface area contributed by atoms with Crippen LogP contribution < -0.4 is 5.32 Å². The number of nitrogens with zero attached hydrogens (tertiary/aromatic N) is 1. The van der Waals surface area contributed by atoms with E-state index in [0.717, 1.165) is 25.1 Å². The second-order valence-electron chi connectivity index (χ2n) is 6.95. The molecule has 0 aliphatic carbocycles. The number of piperidine rings is 1. The number of rotatable bonds is 7. The number of halogens is 1. The molecule has 1 aliphatic heterocycles. The molecular formula is C23H31FN2O. The zero-order valence-electron chi connectivity index (χ0n) is 16.7. The first-order valence-electron chi connectivity index (χ1n) is 9.87. The molecule has 4 heteroatoms. The molecule has 0 saturated carbocycles. The quantitative estimate of drug-likeness (QED) is 0.537. The van der Waals surface area contributed by atoms with Crippen molar-refractivity contribution in [2.45, 2.75) is 52.5 Å². The molecule has 1 heterocycles. The van der Waals surface area contributed by atoms with Crippen molar-refractivity contribution in [2.75, 3.05) is 13.1 Å². The average Bonchev–Trinajstić information content (AvgIpc) is 2.70. The van der Waals surface area contributed by atoms with Gasteiger partial charge < -0.3 is 10.2 Å². The van der Waals surface area contributed by atoms with Crippen LogP contribution in [0.3, 0.4) is 0 Å². The minimum Gasteiger partial charge on any atom is -0.375 e. The third-order valence-electron chi connectivity index (χ3n) is 5.01. The van der Waals surface area contributed by atoms with Gasteiger partial charge in [0.2, 0.25) is 5.91 Å². The van der Waals surface area contributed by atoms with Crippen LogP contribution in [-0.2, 0) is 4.79 Å². The van der Waals surface area contributed by atoms with Crippen molar-refractivity contribution in [3.8, 4) is 0 Å². The lowest BCUT2D eigenvalue weighted by Crippen LogP contribution is -2.35. The summed E-state index contributed by atoms with van der Waals surface area (Å²) in [4.78, 5) is 14.7. The molecule has 1 aromatic rings. The first kappa shape index (κ1) is 20.9. The number of hydrogen-bond donors (Lipinski definition) is 1. The molecule has 3 nitrogen and oxygen atoms in total. The van der Waals surface area contributed by atoms with Gasteiger partial charge in [-0.2, -0.15) is 0 Å². The summed E-state index contributed by atoms with van der Waals surface area (Å²) < 4.78 is 13.7. The number of likely N-dealkylation sites (tertiary alicyclic amines) is 1. The molecule has 27 heavy (non-hydrogen) atoms. The molecule has 1 aliphatic rings. The Hall–Kier alpha value is -2.36. The topological polar surface area (TPSA) is 32.3 Å². The summed E-state index contributed by atoms with van der Waals surface area (Å²) >= 11 is 0. The third-order valence-corrected chi connectivity index (χ3v) is 5.01. The molecule has 1 aromatic carbocycles. The van der Waals surface area contributed by atoms with Crippen molar-refractivity contribution < 1.29 is 9.18 Å². The van der Waals surface area contributed by atoms with Gasteiger partial charge in [-0.3, -0.25) is 4.79 Å². The molecule has 0 radical (unpaired) electrons. The number of carbonyl (C=O) groups excluding carboxylic acids is 1. The van der Waals surface area contributed by atoms with Crippen LogP contribution in [0.1, 0.15) is 52.0 Å². The second-order valence-corrected chi connectivity index (χ2v) is 6.95. The molecular weight excluding hydrogens is 339 g/mol. The largest absolute Gasteiger partial charge is 0.375 e.